The maximum absolute atomic E-state index is 12.2. The number of esters is 1. The number of amides is 2. The van der Waals surface area contributed by atoms with Crippen molar-refractivity contribution in [3.05, 3.63) is 54.1 Å². The lowest BCUT2D eigenvalue weighted by Gasteiger charge is -2.14. The van der Waals surface area contributed by atoms with Crippen LogP contribution in [0.5, 0.6) is 11.5 Å². The number of ether oxygens (including phenoxy) is 3. The predicted octanol–water partition coefficient (Wildman–Crippen LogP) is 2.78. The fraction of sp³-hybridized carbons (Fsp3) is 0.318. The normalized spacial score (nSPS) is 11.2. The molecule has 2 aromatic rings. The third-order valence-electron chi connectivity index (χ3n) is 4.08. The Balaban J connectivity index is 1.75. The van der Waals surface area contributed by atoms with Crippen LogP contribution in [0.3, 0.4) is 0 Å². The molecule has 0 aliphatic carbocycles. The molecule has 0 aliphatic heterocycles. The Labute approximate surface area is 175 Å². The van der Waals surface area contributed by atoms with Crippen LogP contribution in [0.15, 0.2) is 48.5 Å². The summed E-state index contributed by atoms with van der Waals surface area (Å²) in [6.45, 7) is 3.99. The Bertz CT molecular complexity index is 866. The SMILES string of the molecule is CCOc1ccc(NC(=O)[C@H](C)OC(=O)CCNC(=O)c2ccccc2OC)cc1. The zero-order valence-corrected chi connectivity index (χ0v) is 17.3. The van der Waals surface area contributed by atoms with E-state index < -0.39 is 18.0 Å². The summed E-state index contributed by atoms with van der Waals surface area (Å²) < 4.78 is 15.6. The minimum atomic E-state index is -0.978. The number of carbonyl (C=O) groups is 3. The molecule has 0 radical (unpaired) electrons. The predicted molar refractivity (Wildman–Crippen MR) is 112 cm³/mol. The van der Waals surface area contributed by atoms with Gasteiger partial charge in [0.05, 0.1) is 25.7 Å². The highest BCUT2D eigenvalue weighted by molar-refractivity contribution is 5.97. The molecule has 0 bridgehead atoms. The van der Waals surface area contributed by atoms with Gasteiger partial charge in [-0.3, -0.25) is 14.4 Å². The maximum atomic E-state index is 12.2. The number of hydrogen-bond donors (Lipinski definition) is 2. The van der Waals surface area contributed by atoms with Crippen LogP contribution in [0.25, 0.3) is 0 Å². The number of rotatable bonds is 10. The van der Waals surface area contributed by atoms with Crippen LogP contribution in [0.2, 0.25) is 0 Å². The number of hydrogen-bond acceptors (Lipinski definition) is 6. The van der Waals surface area contributed by atoms with Crippen LogP contribution in [0.4, 0.5) is 5.69 Å². The molecule has 0 aliphatic rings. The summed E-state index contributed by atoms with van der Waals surface area (Å²) in [5.41, 5.74) is 0.937. The number of nitrogens with one attached hydrogen (secondary N) is 2. The average Bonchev–Trinajstić information content (AvgIpc) is 2.75. The van der Waals surface area contributed by atoms with Gasteiger partial charge in [0.2, 0.25) is 0 Å². The quantitative estimate of drug-likeness (QED) is 0.580. The molecule has 0 heterocycles. The Morgan fingerprint density at radius 3 is 2.40 bits per heavy atom. The first kappa shape index (κ1) is 22.7. The fourth-order valence-corrected chi connectivity index (χ4v) is 2.56. The van der Waals surface area contributed by atoms with Crippen molar-refractivity contribution in [2.24, 2.45) is 0 Å². The Morgan fingerprint density at radius 1 is 1.03 bits per heavy atom. The van der Waals surface area contributed by atoms with E-state index in [1.165, 1.54) is 14.0 Å². The van der Waals surface area contributed by atoms with E-state index in [9.17, 15) is 14.4 Å². The highest BCUT2D eigenvalue weighted by atomic mass is 16.5. The van der Waals surface area contributed by atoms with Gasteiger partial charge in [-0.25, -0.2) is 0 Å². The summed E-state index contributed by atoms with van der Waals surface area (Å²) in [6, 6.07) is 13.6. The molecule has 2 amide bonds. The summed E-state index contributed by atoms with van der Waals surface area (Å²) in [7, 11) is 1.48. The highest BCUT2D eigenvalue weighted by Crippen LogP contribution is 2.17. The third-order valence-corrected chi connectivity index (χ3v) is 4.08. The number of benzene rings is 2. The van der Waals surface area contributed by atoms with Gasteiger partial charge in [-0.2, -0.15) is 0 Å². The molecule has 1 atom stereocenters. The van der Waals surface area contributed by atoms with E-state index in [1.54, 1.807) is 48.5 Å². The second kappa shape index (κ2) is 11.5. The first-order valence-electron chi connectivity index (χ1n) is 9.59. The number of para-hydroxylation sites is 1. The minimum Gasteiger partial charge on any atom is -0.496 e. The smallest absolute Gasteiger partial charge is 0.308 e. The van der Waals surface area contributed by atoms with Gasteiger partial charge in [0.25, 0.3) is 11.8 Å². The van der Waals surface area contributed by atoms with Crippen molar-refractivity contribution in [2.75, 3.05) is 25.6 Å². The Morgan fingerprint density at radius 2 is 1.73 bits per heavy atom. The lowest BCUT2D eigenvalue weighted by Crippen LogP contribution is -2.32. The Kier molecular flexibility index (Phi) is 8.68. The second-order valence-electron chi connectivity index (χ2n) is 6.28. The van der Waals surface area contributed by atoms with E-state index in [-0.39, 0.29) is 18.9 Å². The van der Waals surface area contributed by atoms with Crippen LogP contribution < -0.4 is 20.1 Å². The van der Waals surface area contributed by atoms with Gasteiger partial charge < -0.3 is 24.8 Å². The minimum absolute atomic E-state index is 0.0679. The molecule has 0 fully saturated rings. The molecule has 0 saturated heterocycles. The van der Waals surface area contributed by atoms with Crippen LogP contribution in [0, 0.1) is 0 Å². The molecule has 0 spiro atoms. The molecule has 30 heavy (non-hydrogen) atoms. The molecular weight excluding hydrogens is 388 g/mol. The van der Waals surface area contributed by atoms with E-state index in [1.807, 2.05) is 6.92 Å². The van der Waals surface area contributed by atoms with Gasteiger partial charge >= 0.3 is 5.97 Å². The molecule has 160 valence electrons. The van der Waals surface area contributed by atoms with E-state index in [0.29, 0.717) is 29.4 Å². The summed E-state index contributed by atoms with van der Waals surface area (Å²) in [6.07, 6.45) is -1.05. The largest absolute Gasteiger partial charge is 0.496 e. The van der Waals surface area contributed by atoms with Crippen LogP contribution in [0.1, 0.15) is 30.6 Å². The molecule has 8 nitrogen and oxygen atoms in total. The molecule has 0 unspecified atom stereocenters. The van der Waals surface area contributed by atoms with E-state index >= 15 is 0 Å². The van der Waals surface area contributed by atoms with Gasteiger partial charge in [-0.15, -0.1) is 0 Å². The van der Waals surface area contributed by atoms with Crippen molar-refractivity contribution in [3.8, 4) is 11.5 Å². The lowest BCUT2D eigenvalue weighted by atomic mass is 10.2. The fourth-order valence-electron chi connectivity index (χ4n) is 2.56. The molecule has 0 saturated carbocycles. The van der Waals surface area contributed by atoms with E-state index in [4.69, 9.17) is 14.2 Å². The summed E-state index contributed by atoms with van der Waals surface area (Å²) in [5, 5.41) is 5.30. The van der Waals surface area contributed by atoms with Crippen molar-refractivity contribution in [1.82, 2.24) is 5.32 Å². The molecule has 2 rings (SSSR count). The lowest BCUT2D eigenvalue weighted by molar-refractivity contribution is -0.153. The molecule has 0 aromatic heterocycles. The zero-order chi connectivity index (χ0) is 21.9. The second-order valence-corrected chi connectivity index (χ2v) is 6.28. The first-order valence-corrected chi connectivity index (χ1v) is 9.59. The first-order chi connectivity index (χ1) is 14.4. The van der Waals surface area contributed by atoms with Crippen LogP contribution in [-0.4, -0.2) is 44.1 Å². The standard InChI is InChI=1S/C22H26N2O6/c1-4-29-17-11-9-16(10-12-17)24-21(26)15(2)30-20(25)13-14-23-22(27)18-7-5-6-8-19(18)28-3/h5-12,15H,4,13-14H2,1-3H3,(H,23,27)(H,24,26)/t15-/m0/s1. The summed E-state index contributed by atoms with van der Waals surface area (Å²) in [4.78, 5) is 36.4. The van der Waals surface area contributed by atoms with Gasteiger partial charge in [-0.05, 0) is 50.2 Å². The highest BCUT2D eigenvalue weighted by Gasteiger charge is 2.18. The maximum Gasteiger partial charge on any atom is 0.308 e. The zero-order valence-electron chi connectivity index (χ0n) is 17.3. The molecule has 8 heteroatoms. The molecule has 2 aromatic carbocycles. The Hall–Kier alpha value is -3.55. The van der Waals surface area contributed by atoms with Crippen molar-refractivity contribution in [2.45, 2.75) is 26.4 Å². The average molecular weight is 414 g/mol. The van der Waals surface area contributed by atoms with Crippen molar-refractivity contribution in [3.63, 3.8) is 0 Å². The number of methoxy groups -OCH3 is 1. The number of carbonyl (C=O) groups excluding carboxylic acids is 3. The van der Waals surface area contributed by atoms with Gasteiger partial charge in [-0.1, -0.05) is 12.1 Å². The third kappa shape index (κ3) is 6.80. The van der Waals surface area contributed by atoms with Gasteiger partial charge in [0, 0.05) is 12.2 Å². The van der Waals surface area contributed by atoms with Crippen molar-refractivity contribution in [1.29, 1.82) is 0 Å². The molecule has 2 N–H and O–H groups in total. The topological polar surface area (TPSA) is 103 Å². The van der Waals surface area contributed by atoms with E-state index in [0.717, 1.165) is 0 Å². The summed E-state index contributed by atoms with van der Waals surface area (Å²) in [5.74, 6) is -0.265. The molecular formula is C22H26N2O6. The van der Waals surface area contributed by atoms with Gasteiger partial charge in [0.1, 0.15) is 11.5 Å². The summed E-state index contributed by atoms with van der Waals surface area (Å²) >= 11 is 0. The number of anilines is 1. The van der Waals surface area contributed by atoms with Crippen molar-refractivity contribution < 1.29 is 28.6 Å². The van der Waals surface area contributed by atoms with Crippen LogP contribution >= 0.6 is 0 Å². The van der Waals surface area contributed by atoms with Gasteiger partial charge in [0.15, 0.2) is 6.10 Å². The monoisotopic (exact) mass is 414 g/mol. The van der Waals surface area contributed by atoms with Crippen LogP contribution in [-0.2, 0) is 14.3 Å². The van der Waals surface area contributed by atoms with E-state index in [2.05, 4.69) is 10.6 Å². The van der Waals surface area contributed by atoms with Crippen molar-refractivity contribution >= 4 is 23.5 Å².